The number of esters is 3. The van der Waals surface area contributed by atoms with Crippen molar-refractivity contribution in [1.29, 1.82) is 0 Å². The summed E-state index contributed by atoms with van der Waals surface area (Å²) in [6, 6.07) is 15.4. The number of hydrogen-bond donors (Lipinski definition) is 0. The Labute approximate surface area is 166 Å². The zero-order chi connectivity index (χ0) is 21.0. The number of benzene rings is 2. The monoisotopic (exact) mass is 394 g/mol. The average Bonchev–Trinajstić information content (AvgIpc) is 3.13. The maximum Gasteiger partial charge on any atom is 0.357 e. The van der Waals surface area contributed by atoms with E-state index in [1.54, 1.807) is 48.5 Å². The van der Waals surface area contributed by atoms with Crippen molar-refractivity contribution >= 4 is 17.9 Å². The van der Waals surface area contributed by atoms with Crippen molar-refractivity contribution in [3.63, 3.8) is 0 Å². The van der Waals surface area contributed by atoms with Gasteiger partial charge in [0.1, 0.15) is 17.0 Å². The first kappa shape index (κ1) is 19.8. The van der Waals surface area contributed by atoms with Crippen LogP contribution in [0.25, 0.3) is 16.9 Å². The van der Waals surface area contributed by atoms with E-state index >= 15 is 0 Å². The minimum atomic E-state index is -0.778. The minimum Gasteiger partial charge on any atom is -0.465 e. The molecule has 0 spiro atoms. The molecule has 3 aromatic rings. The third kappa shape index (κ3) is 3.86. The highest BCUT2D eigenvalue weighted by molar-refractivity contribution is 6.07. The molecule has 0 saturated heterocycles. The van der Waals surface area contributed by atoms with Crippen molar-refractivity contribution in [2.75, 3.05) is 14.2 Å². The lowest BCUT2D eigenvalue weighted by atomic mass is 10.0. The lowest BCUT2D eigenvalue weighted by Crippen LogP contribution is -2.15. The molecule has 0 atom stereocenters. The SMILES string of the molecule is COC(=O)c1c(-c2ccccc2OC(C)=O)nn(-c2ccccc2)c1C(=O)OC. The van der Waals surface area contributed by atoms with Crippen LogP contribution < -0.4 is 4.74 Å². The lowest BCUT2D eigenvalue weighted by Gasteiger charge is -2.08. The Morgan fingerprint density at radius 3 is 2.10 bits per heavy atom. The van der Waals surface area contributed by atoms with Crippen LogP contribution in [0.2, 0.25) is 0 Å². The summed E-state index contributed by atoms with van der Waals surface area (Å²) in [5.74, 6) is -1.88. The summed E-state index contributed by atoms with van der Waals surface area (Å²) < 4.78 is 16.3. The van der Waals surface area contributed by atoms with Gasteiger partial charge in [-0.2, -0.15) is 5.10 Å². The third-order valence-corrected chi connectivity index (χ3v) is 4.05. The molecule has 1 heterocycles. The van der Waals surface area contributed by atoms with Crippen LogP contribution in [0.1, 0.15) is 27.8 Å². The number of para-hydroxylation sites is 2. The van der Waals surface area contributed by atoms with Crippen LogP contribution in [0, 0.1) is 0 Å². The lowest BCUT2D eigenvalue weighted by molar-refractivity contribution is -0.131. The molecular formula is C21H18N2O6. The highest BCUT2D eigenvalue weighted by Gasteiger charge is 2.32. The van der Waals surface area contributed by atoms with Crippen molar-refractivity contribution in [2.24, 2.45) is 0 Å². The van der Waals surface area contributed by atoms with Crippen LogP contribution in [0.5, 0.6) is 5.75 Å². The van der Waals surface area contributed by atoms with Gasteiger partial charge in [-0.25, -0.2) is 14.3 Å². The quantitative estimate of drug-likeness (QED) is 0.485. The highest BCUT2D eigenvalue weighted by atomic mass is 16.5. The summed E-state index contributed by atoms with van der Waals surface area (Å²) >= 11 is 0. The summed E-state index contributed by atoms with van der Waals surface area (Å²) in [5.41, 5.74) is 0.816. The first-order valence-electron chi connectivity index (χ1n) is 8.60. The number of methoxy groups -OCH3 is 2. The van der Waals surface area contributed by atoms with Gasteiger partial charge >= 0.3 is 17.9 Å². The van der Waals surface area contributed by atoms with E-state index in [0.29, 0.717) is 11.3 Å². The molecule has 0 amide bonds. The molecule has 1 aromatic heterocycles. The van der Waals surface area contributed by atoms with Gasteiger partial charge in [0.2, 0.25) is 0 Å². The predicted molar refractivity (Wildman–Crippen MR) is 103 cm³/mol. The van der Waals surface area contributed by atoms with E-state index in [4.69, 9.17) is 14.2 Å². The second-order valence-electron chi connectivity index (χ2n) is 5.89. The number of rotatable bonds is 5. The molecule has 0 saturated carbocycles. The van der Waals surface area contributed by atoms with Crippen molar-refractivity contribution in [2.45, 2.75) is 6.92 Å². The standard InChI is InChI=1S/C21H18N2O6/c1-13(24)29-16-12-8-7-11-15(16)18-17(20(25)27-2)19(21(26)28-3)23(22-18)14-9-5-4-6-10-14/h4-12H,1-3H3. The van der Waals surface area contributed by atoms with Gasteiger partial charge in [0.25, 0.3) is 0 Å². The minimum absolute atomic E-state index is 0.0946. The fourth-order valence-electron chi connectivity index (χ4n) is 2.85. The predicted octanol–water partition coefficient (Wildman–Crippen LogP) is 3.04. The van der Waals surface area contributed by atoms with Gasteiger partial charge in [0.15, 0.2) is 5.69 Å². The van der Waals surface area contributed by atoms with E-state index in [0.717, 1.165) is 0 Å². The van der Waals surface area contributed by atoms with Gasteiger partial charge in [0, 0.05) is 12.5 Å². The maximum absolute atomic E-state index is 12.6. The summed E-state index contributed by atoms with van der Waals surface area (Å²) in [6.45, 7) is 1.26. The van der Waals surface area contributed by atoms with Crippen LogP contribution in [0.4, 0.5) is 0 Å². The zero-order valence-electron chi connectivity index (χ0n) is 16.0. The Hall–Kier alpha value is -3.94. The Kier molecular flexibility index (Phi) is 5.73. The number of aromatic nitrogens is 2. The largest absolute Gasteiger partial charge is 0.465 e. The molecule has 0 aliphatic carbocycles. The highest BCUT2D eigenvalue weighted by Crippen LogP contribution is 2.34. The molecule has 8 nitrogen and oxygen atoms in total. The Bertz CT molecular complexity index is 1070. The van der Waals surface area contributed by atoms with Gasteiger partial charge in [0.05, 0.1) is 19.9 Å². The second-order valence-corrected chi connectivity index (χ2v) is 5.89. The molecule has 148 valence electrons. The smallest absolute Gasteiger partial charge is 0.357 e. The third-order valence-electron chi connectivity index (χ3n) is 4.05. The summed E-state index contributed by atoms with van der Waals surface area (Å²) in [4.78, 5) is 36.7. The van der Waals surface area contributed by atoms with E-state index in [1.165, 1.54) is 25.8 Å². The van der Waals surface area contributed by atoms with Crippen LogP contribution in [0.3, 0.4) is 0 Å². The van der Waals surface area contributed by atoms with Gasteiger partial charge in [-0.05, 0) is 24.3 Å². The van der Waals surface area contributed by atoms with Crippen molar-refractivity contribution < 1.29 is 28.6 Å². The van der Waals surface area contributed by atoms with Crippen LogP contribution in [-0.2, 0) is 14.3 Å². The molecule has 3 rings (SSSR count). The molecule has 8 heteroatoms. The summed E-state index contributed by atoms with van der Waals surface area (Å²) in [7, 11) is 2.41. The molecule has 0 unspecified atom stereocenters. The van der Waals surface area contributed by atoms with Gasteiger partial charge < -0.3 is 14.2 Å². The van der Waals surface area contributed by atoms with Crippen molar-refractivity contribution in [1.82, 2.24) is 9.78 Å². The van der Waals surface area contributed by atoms with Crippen LogP contribution in [-0.4, -0.2) is 41.9 Å². The molecule has 0 fully saturated rings. The zero-order valence-corrected chi connectivity index (χ0v) is 16.0. The maximum atomic E-state index is 12.6. The second kappa shape index (κ2) is 8.39. The van der Waals surface area contributed by atoms with Crippen molar-refractivity contribution in [3.8, 4) is 22.7 Å². The Morgan fingerprint density at radius 2 is 1.48 bits per heavy atom. The number of nitrogens with zero attached hydrogens (tertiary/aromatic N) is 2. The average molecular weight is 394 g/mol. The van der Waals surface area contributed by atoms with E-state index in [2.05, 4.69) is 5.10 Å². The van der Waals surface area contributed by atoms with Crippen LogP contribution in [0.15, 0.2) is 54.6 Å². The number of hydrogen-bond acceptors (Lipinski definition) is 7. The van der Waals surface area contributed by atoms with E-state index in [9.17, 15) is 14.4 Å². The number of carbonyl (C=O) groups is 3. The summed E-state index contributed by atoms with van der Waals surface area (Å²) in [5, 5.41) is 4.48. The van der Waals surface area contributed by atoms with Gasteiger partial charge in [-0.1, -0.05) is 30.3 Å². The Balaban J connectivity index is 2.36. The Morgan fingerprint density at radius 1 is 0.862 bits per heavy atom. The van der Waals surface area contributed by atoms with Gasteiger partial charge in [-0.3, -0.25) is 4.79 Å². The topological polar surface area (TPSA) is 96.7 Å². The molecule has 0 aliphatic rings. The molecule has 29 heavy (non-hydrogen) atoms. The number of carbonyl (C=O) groups excluding carboxylic acids is 3. The molecular weight excluding hydrogens is 376 g/mol. The first-order chi connectivity index (χ1) is 14.0. The molecule has 0 bridgehead atoms. The van der Waals surface area contributed by atoms with E-state index < -0.39 is 17.9 Å². The van der Waals surface area contributed by atoms with E-state index in [1.807, 2.05) is 6.07 Å². The van der Waals surface area contributed by atoms with Crippen molar-refractivity contribution in [3.05, 3.63) is 65.9 Å². The van der Waals surface area contributed by atoms with Gasteiger partial charge in [-0.15, -0.1) is 0 Å². The number of ether oxygens (including phenoxy) is 3. The molecule has 0 radical (unpaired) electrons. The van der Waals surface area contributed by atoms with Crippen LogP contribution >= 0.6 is 0 Å². The fourth-order valence-corrected chi connectivity index (χ4v) is 2.85. The first-order valence-corrected chi connectivity index (χ1v) is 8.60. The summed E-state index contributed by atoms with van der Waals surface area (Å²) in [6.07, 6.45) is 0. The fraction of sp³-hybridized carbons (Fsp3) is 0.143. The normalized spacial score (nSPS) is 10.3. The molecule has 0 aliphatic heterocycles. The van der Waals surface area contributed by atoms with E-state index in [-0.39, 0.29) is 22.7 Å². The molecule has 0 N–H and O–H groups in total. The molecule has 2 aromatic carbocycles.